The van der Waals surface area contributed by atoms with Crippen molar-refractivity contribution in [2.75, 3.05) is 6.54 Å². The smallest absolute Gasteiger partial charge is 0.303 e. The largest absolute Gasteiger partial charge is 0.481 e. The lowest BCUT2D eigenvalue weighted by molar-refractivity contribution is -0.137. The van der Waals surface area contributed by atoms with Gasteiger partial charge in [0, 0.05) is 24.5 Å². The number of Topliss-reactive ketones (excluding diaryl/α,β-unsaturated/α-hetero) is 1. The number of hydrogen-bond donors (Lipinski definition) is 2. The number of amides is 1. The number of carbonyl (C=O) groups excluding carboxylic acids is 2. The number of aliphatic carboxylic acids is 1. The topological polar surface area (TPSA) is 83.5 Å². The fourth-order valence-corrected chi connectivity index (χ4v) is 1.42. The van der Waals surface area contributed by atoms with Gasteiger partial charge in [0.25, 0.3) is 0 Å². The molecule has 0 aliphatic heterocycles. The number of ketones is 1. The van der Waals surface area contributed by atoms with E-state index in [0.717, 1.165) is 5.56 Å². The highest BCUT2D eigenvalue weighted by Gasteiger charge is 2.07. The van der Waals surface area contributed by atoms with Gasteiger partial charge in [-0.25, -0.2) is 0 Å². The summed E-state index contributed by atoms with van der Waals surface area (Å²) in [5.74, 6) is 4.29. The zero-order valence-electron chi connectivity index (χ0n) is 11.1. The molecule has 1 aromatic carbocycles. The van der Waals surface area contributed by atoms with Gasteiger partial charge in [-0.3, -0.25) is 14.4 Å². The molecule has 0 aliphatic rings. The number of nitrogens with one attached hydrogen (secondary N) is 1. The molecule has 0 spiro atoms. The van der Waals surface area contributed by atoms with E-state index in [1.165, 1.54) is 6.92 Å². The van der Waals surface area contributed by atoms with Gasteiger partial charge in [-0.1, -0.05) is 24.0 Å². The second-order valence-corrected chi connectivity index (χ2v) is 4.11. The van der Waals surface area contributed by atoms with Gasteiger partial charge in [0.15, 0.2) is 5.78 Å². The quantitative estimate of drug-likeness (QED) is 0.624. The number of carboxylic acid groups (broad SMARTS) is 1. The third kappa shape index (κ3) is 5.83. The SMILES string of the molecule is CC(=O)NCC#Cc1ccc(C(=O)CCC(=O)O)cc1. The number of benzene rings is 1. The number of carbonyl (C=O) groups is 3. The molecule has 1 aromatic rings. The summed E-state index contributed by atoms with van der Waals surface area (Å²) in [6.07, 6.45) is -0.181. The molecule has 0 bridgehead atoms. The van der Waals surface area contributed by atoms with E-state index in [4.69, 9.17) is 5.11 Å². The van der Waals surface area contributed by atoms with Crippen LogP contribution in [0.5, 0.6) is 0 Å². The Bertz CT molecular complexity index is 564. The molecule has 0 fully saturated rings. The highest BCUT2D eigenvalue weighted by atomic mass is 16.4. The summed E-state index contributed by atoms with van der Waals surface area (Å²) in [6.45, 7) is 1.69. The van der Waals surface area contributed by atoms with E-state index in [-0.39, 0.29) is 31.1 Å². The molecular weight excluding hydrogens is 258 g/mol. The molecule has 104 valence electrons. The van der Waals surface area contributed by atoms with Crippen molar-refractivity contribution >= 4 is 17.7 Å². The Morgan fingerprint density at radius 3 is 2.35 bits per heavy atom. The minimum absolute atomic E-state index is 0.0110. The van der Waals surface area contributed by atoms with Gasteiger partial charge in [-0.2, -0.15) is 0 Å². The van der Waals surface area contributed by atoms with Gasteiger partial charge < -0.3 is 10.4 Å². The summed E-state index contributed by atoms with van der Waals surface area (Å²) < 4.78 is 0. The third-order valence-corrected chi connectivity index (χ3v) is 2.43. The molecule has 0 heterocycles. The second kappa shape index (κ2) is 7.74. The van der Waals surface area contributed by atoms with E-state index < -0.39 is 5.97 Å². The lowest BCUT2D eigenvalue weighted by atomic mass is 10.0. The lowest BCUT2D eigenvalue weighted by Gasteiger charge is -1.99. The van der Waals surface area contributed by atoms with Gasteiger partial charge in [0.1, 0.15) is 0 Å². The van der Waals surface area contributed by atoms with Crippen molar-refractivity contribution < 1.29 is 19.5 Å². The normalized spacial score (nSPS) is 9.25. The van der Waals surface area contributed by atoms with Crippen LogP contribution in [0.15, 0.2) is 24.3 Å². The maximum atomic E-state index is 11.6. The Hall–Kier alpha value is -2.61. The van der Waals surface area contributed by atoms with E-state index in [9.17, 15) is 14.4 Å². The maximum Gasteiger partial charge on any atom is 0.303 e. The Kier molecular flexibility index (Phi) is 5.98. The molecule has 1 rings (SSSR count). The van der Waals surface area contributed by atoms with Crippen LogP contribution in [0.2, 0.25) is 0 Å². The lowest BCUT2D eigenvalue weighted by Crippen LogP contribution is -2.19. The molecular formula is C15H15NO4. The first kappa shape index (κ1) is 15.4. The van der Waals surface area contributed by atoms with Crippen LogP contribution in [0, 0.1) is 11.8 Å². The van der Waals surface area contributed by atoms with Gasteiger partial charge in [0.2, 0.25) is 5.91 Å². The summed E-state index contributed by atoms with van der Waals surface area (Å²) in [5, 5.41) is 11.1. The molecule has 0 unspecified atom stereocenters. The van der Waals surface area contributed by atoms with Crippen LogP contribution in [0.1, 0.15) is 35.7 Å². The zero-order valence-corrected chi connectivity index (χ0v) is 11.1. The first-order valence-electron chi connectivity index (χ1n) is 6.07. The Morgan fingerprint density at radius 1 is 1.15 bits per heavy atom. The van der Waals surface area contributed by atoms with Crippen LogP contribution >= 0.6 is 0 Å². The average molecular weight is 273 g/mol. The van der Waals surface area contributed by atoms with Gasteiger partial charge in [-0.05, 0) is 12.1 Å². The molecule has 0 atom stereocenters. The fraction of sp³-hybridized carbons (Fsp3) is 0.267. The Balaban J connectivity index is 2.57. The molecule has 2 N–H and O–H groups in total. The predicted octanol–water partition coefficient (Wildman–Crippen LogP) is 1.22. The summed E-state index contributed by atoms with van der Waals surface area (Å²) >= 11 is 0. The predicted molar refractivity (Wildman–Crippen MR) is 73.2 cm³/mol. The van der Waals surface area contributed by atoms with Crippen LogP contribution < -0.4 is 5.32 Å². The van der Waals surface area contributed by atoms with Gasteiger partial charge in [-0.15, -0.1) is 0 Å². The summed E-state index contributed by atoms with van der Waals surface area (Å²) in [5.41, 5.74) is 1.20. The van der Waals surface area contributed by atoms with E-state index >= 15 is 0 Å². The molecule has 0 aliphatic carbocycles. The van der Waals surface area contributed by atoms with Crippen molar-refractivity contribution in [3.63, 3.8) is 0 Å². The molecule has 1 amide bonds. The highest BCUT2D eigenvalue weighted by molar-refractivity contribution is 5.97. The van der Waals surface area contributed by atoms with Crippen molar-refractivity contribution in [1.29, 1.82) is 0 Å². The van der Waals surface area contributed by atoms with Crippen molar-refractivity contribution in [1.82, 2.24) is 5.32 Å². The first-order valence-corrected chi connectivity index (χ1v) is 6.07. The third-order valence-electron chi connectivity index (χ3n) is 2.43. The van der Waals surface area contributed by atoms with Crippen molar-refractivity contribution in [2.45, 2.75) is 19.8 Å². The van der Waals surface area contributed by atoms with E-state index in [1.54, 1.807) is 24.3 Å². The molecule has 0 radical (unpaired) electrons. The van der Waals surface area contributed by atoms with Crippen LogP contribution in [0.4, 0.5) is 0 Å². The fourth-order valence-electron chi connectivity index (χ4n) is 1.42. The molecule has 0 aromatic heterocycles. The van der Waals surface area contributed by atoms with E-state index in [2.05, 4.69) is 17.2 Å². The molecule has 5 nitrogen and oxygen atoms in total. The molecule has 20 heavy (non-hydrogen) atoms. The van der Waals surface area contributed by atoms with Crippen molar-refractivity contribution in [3.05, 3.63) is 35.4 Å². The maximum absolute atomic E-state index is 11.6. The molecule has 0 saturated heterocycles. The standard InChI is InChI=1S/C15H15NO4/c1-11(17)16-10-2-3-12-4-6-13(7-5-12)14(18)8-9-15(19)20/h4-7H,8-10H2,1H3,(H,16,17)(H,19,20). The number of hydrogen-bond acceptors (Lipinski definition) is 3. The van der Waals surface area contributed by atoms with Crippen molar-refractivity contribution in [2.24, 2.45) is 0 Å². The zero-order chi connectivity index (χ0) is 15.0. The van der Waals surface area contributed by atoms with E-state index in [0.29, 0.717) is 5.56 Å². The molecule has 5 heteroatoms. The van der Waals surface area contributed by atoms with Crippen LogP contribution in [-0.2, 0) is 9.59 Å². The minimum atomic E-state index is -0.987. The first-order chi connectivity index (χ1) is 9.49. The van der Waals surface area contributed by atoms with Crippen LogP contribution in [0.25, 0.3) is 0 Å². The Labute approximate surface area is 117 Å². The Morgan fingerprint density at radius 2 is 1.80 bits per heavy atom. The van der Waals surface area contributed by atoms with E-state index in [1.807, 2.05) is 0 Å². The van der Waals surface area contributed by atoms with Crippen molar-refractivity contribution in [3.8, 4) is 11.8 Å². The summed E-state index contributed by atoms with van der Waals surface area (Å²) in [4.78, 5) is 32.7. The number of carboxylic acids is 1. The van der Waals surface area contributed by atoms with Crippen LogP contribution in [-0.4, -0.2) is 29.3 Å². The molecule has 0 saturated carbocycles. The monoisotopic (exact) mass is 273 g/mol. The highest BCUT2D eigenvalue weighted by Crippen LogP contribution is 2.07. The average Bonchev–Trinajstić information content (AvgIpc) is 2.41. The second-order valence-electron chi connectivity index (χ2n) is 4.11. The van der Waals surface area contributed by atoms with Gasteiger partial charge >= 0.3 is 5.97 Å². The summed E-state index contributed by atoms with van der Waals surface area (Å²) in [7, 11) is 0. The van der Waals surface area contributed by atoms with Crippen LogP contribution in [0.3, 0.4) is 0 Å². The number of rotatable bonds is 5. The van der Waals surface area contributed by atoms with Gasteiger partial charge in [0.05, 0.1) is 13.0 Å². The minimum Gasteiger partial charge on any atom is -0.481 e. The summed E-state index contributed by atoms with van der Waals surface area (Å²) in [6, 6.07) is 6.61.